The fourth-order valence-electron chi connectivity index (χ4n) is 3.04. The van der Waals surface area contributed by atoms with Crippen LogP contribution in [0.15, 0.2) is 18.2 Å². The van der Waals surface area contributed by atoms with Crippen molar-refractivity contribution in [2.75, 3.05) is 5.32 Å². The molecule has 3 heteroatoms. The van der Waals surface area contributed by atoms with Crippen LogP contribution >= 0.6 is 11.3 Å². The molecule has 1 N–H and O–H groups in total. The van der Waals surface area contributed by atoms with E-state index in [0.717, 1.165) is 22.5 Å². The van der Waals surface area contributed by atoms with Crippen LogP contribution in [0.3, 0.4) is 0 Å². The van der Waals surface area contributed by atoms with Gasteiger partial charge in [0.15, 0.2) is 5.13 Å². The first-order valence-electron chi connectivity index (χ1n) is 7.27. The fourth-order valence-corrected chi connectivity index (χ4v) is 3.95. The minimum atomic E-state index is 0.588. The van der Waals surface area contributed by atoms with Crippen molar-refractivity contribution in [2.45, 2.75) is 46.1 Å². The second kappa shape index (κ2) is 5.12. The predicted molar refractivity (Wildman–Crippen MR) is 83.9 cm³/mol. The summed E-state index contributed by atoms with van der Waals surface area (Å²) in [6, 6.07) is 7.10. The first-order valence-corrected chi connectivity index (χ1v) is 8.09. The fraction of sp³-hybridized carbons (Fsp3) is 0.562. The van der Waals surface area contributed by atoms with E-state index in [0.29, 0.717) is 6.04 Å². The SMILES string of the molecule is Cc1ccc2sc(NC3CCCC(C)C3C)nc2c1. The van der Waals surface area contributed by atoms with Gasteiger partial charge in [0.25, 0.3) is 0 Å². The normalized spacial score (nSPS) is 27.6. The maximum absolute atomic E-state index is 4.73. The predicted octanol–water partition coefficient (Wildman–Crippen LogP) is 4.84. The van der Waals surface area contributed by atoms with E-state index in [1.807, 2.05) is 0 Å². The summed E-state index contributed by atoms with van der Waals surface area (Å²) in [6.45, 7) is 6.87. The third-order valence-corrected chi connectivity index (χ3v) is 5.53. The summed E-state index contributed by atoms with van der Waals surface area (Å²) < 4.78 is 1.28. The maximum Gasteiger partial charge on any atom is 0.184 e. The van der Waals surface area contributed by atoms with Crippen LogP contribution in [0.4, 0.5) is 5.13 Å². The van der Waals surface area contributed by atoms with Crippen molar-refractivity contribution < 1.29 is 0 Å². The second-order valence-electron chi connectivity index (χ2n) is 6.01. The van der Waals surface area contributed by atoms with Gasteiger partial charge in [0, 0.05) is 6.04 Å². The zero-order valence-electron chi connectivity index (χ0n) is 11.9. The average molecular weight is 274 g/mol. The molecule has 2 aromatic rings. The summed E-state index contributed by atoms with van der Waals surface area (Å²) >= 11 is 1.78. The summed E-state index contributed by atoms with van der Waals surface area (Å²) in [5.74, 6) is 1.56. The lowest BCUT2D eigenvalue weighted by Crippen LogP contribution is -2.34. The molecule has 1 aliphatic rings. The molecule has 3 unspecified atom stereocenters. The molecule has 3 rings (SSSR count). The van der Waals surface area contributed by atoms with Crippen molar-refractivity contribution in [1.29, 1.82) is 0 Å². The molecule has 0 saturated heterocycles. The van der Waals surface area contributed by atoms with Crippen LogP contribution in [0.5, 0.6) is 0 Å². The quantitative estimate of drug-likeness (QED) is 0.847. The topological polar surface area (TPSA) is 24.9 Å². The summed E-state index contributed by atoms with van der Waals surface area (Å²) in [6.07, 6.45) is 3.99. The third kappa shape index (κ3) is 2.62. The Labute approximate surface area is 119 Å². The number of nitrogens with one attached hydrogen (secondary N) is 1. The molecule has 2 nitrogen and oxygen atoms in total. The van der Waals surface area contributed by atoms with E-state index in [1.165, 1.54) is 29.5 Å². The number of aromatic nitrogens is 1. The van der Waals surface area contributed by atoms with Crippen molar-refractivity contribution in [3.63, 3.8) is 0 Å². The van der Waals surface area contributed by atoms with Crippen molar-refractivity contribution >= 4 is 26.7 Å². The van der Waals surface area contributed by atoms with Gasteiger partial charge in [0.05, 0.1) is 10.2 Å². The molecule has 0 aliphatic heterocycles. The lowest BCUT2D eigenvalue weighted by Gasteiger charge is -2.34. The molecule has 0 amide bonds. The Bertz CT molecular complexity index is 575. The molecule has 1 fully saturated rings. The highest BCUT2D eigenvalue weighted by Crippen LogP contribution is 2.34. The highest BCUT2D eigenvalue weighted by atomic mass is 32.1. The van der Waals surface area contributed by atoms with E-state index in [2.05, 4.69) is 44.3 Å². The van der Waals surface area contributed by atoms with Crippen molar-refractivity contribution in [3.05, 3.63) is 23.8 Å². The van der Waals surface area contributed by atoms with Gasteiger partial charge >= 0.3 is 0 Å². The Hall–Kier alpha value is -1.09. The van der Waals surface area contributed by atoms with Crippen molar-refractivity contribution in [2.24, 2.45) is 11.8 Å². The van der Waals surface area contributed by atoms with E-state index in [4.69, 9.17) is 4.98 Å². The summed E-state index contributed by atoms with van der Waals surface area (Å²) in [5.41, 5.74) is 2.41. The molecule has 3 atom stereocenters. The zero-order valence-corrected chi connectivity index (χ0v) is 12.8. The third-order valence-electron chi connectivity index (χ3n) is 4.56. The van der Waals surface area contributed by atoms with E-state index >= 15 is 0 Å². The van der Waals surface area contributed by atoms with Gasteiger partial charge in [-0.15, -0.1) is 0 Å². The Kier molecular flexibility index (Phi) is 3.48. The average Bonchev–Trinajstić information content (AvgIpc) is 2.76. The minimum Gasteiger partial charge on any atom is -0.358 e. The molecule has 19 heavy (non-hydrogen) atoms. The Morgan fingerprint density at radius 3 is 2.95 bits per heavy atom. The molecule has 1 aliphatic carbocycles. The van der Waals surface area contributed by atoms with Gasteiger partial charge in [-0.05, 0) is 42.9 Å². The first kappa shape index (κ1) is 12.9. The molecule has 1 heterocycles. The van der Waals surface area contributed by atoms with Gasteiger partial charge in [-0.25, -0.2) is 4.98 Å². The van der Waals surface area contributed by atoms with Gasteiger partial charge in [0.1, 0.15) is 0 Å². The Morgan fingerprint density at radius 1 is 1.26 bits per heavy atom. The van der Waals surface area contributed by atoms with Crippen molar-refractivity contribution in [1.82, 2.24) is 4.98 Å². The van der Waals surface area contributed by atoms with Crippen molar-refractivity contribution in [3.8, 4) is 0 Å². The lowest BCUT2D eigenvalue weighted by atomic mass is 9.78. The van der Waals surface area contributed by atoms with Crippen LogP contribution in [-0.4, -0.2) is 11.0 Å². The van der Waals surface area contributed by atoms with Crippen LogP contribution in [0.2, 0.25) is 0 Å². The molecule has 1 aromatic heterocycles. The molecule has 0 bridgehead atoms. The molecular weight excluding hydrogens is 252 g/mol. The minimum absolute atomic E-state index is 0.588. The van der Waals surface area contributed by atoms with Gasteiger partial charge in [-0.2, -0.15) is 0 Å². The number of benzene rings is 1. The smallest absolute Gasteiger partial charge is 0.184 e. The van der Waals surface area contributed by atoms with E-state index in [1.54, 1.807) is 11.3 Å². The lowest BCUT2D eigenvalue weighted by molar-refractivity contribution is 0.253. The van der Waals surface area contributed by atoms with E-state index < -0.39 is 0 Å². The van der Waals surface area contributed by atoms with Crippen LogP contribution in [0.25, 0.3) is 10.2 Å². The van der Waals surface area contributed by atoms with Crippen LogP contribution < -0.4 is 5.32 Å². The molecular formula is C16H22N2S. The van der Waals surface area contributed by atoms with Gasteiger partial charge in [-0.1, -0.05) is 44.1 Å². The Morgan fingerprint density at radius 2 is 2.11 bits per heavy atom. The second-order valence-corrected chi connectivity index (χ2v) is 7.04. The highest BCUT2D eigenvalue weighted by Gasteiger charge is 2.27. The number of rotatable bonds is 2. The largest absolute Gasteiger partial charge is 0.358 e. The number of nitrogens with zero attached hydrogens (tertiary/aromatic N) is 1. The maximum atomic E-state index is 4.73. The van der Waals surface area contributed by atoms with E-state index in [9.17, 15) is 0 Å². The molecule has 1 aromatic carbocycles. The summed E-state index contributed by atoms with van der Waals surface area (Å²) in [4.78, 5) is 4.73. The molecule has 1 saturated carbocycles. The molecule has 0 spiro atoms. The number of thiazole rings is 1. The van der Waals surface area contributed by atoms with Gasteiger partial charge < -0.3 is 5.32 Å². The van der Waals surface area contributed by atoms with Crippen LogP contribution in [0, 0.1) is 18.8 Å². The van der Waals surface area contributed by atoms with Crippen LogP contribution in [-0.2, 0) is 0 Å². The van der Waals surface area contributed by atoms with E-state index in [-0.39, 0.29) is 0 Å². The highest BCUT2D eigenvalue weighted by molar-refractivity contribution is 7.22. The summed E-state index contributed by atoms with van der Waals surface area (Å²) in [5, 5.41) is 4.77. The van der Waals surface area contributed by atoms with Crippen LogP contribution in [0.1, 0.15) is 38.7 Å². The zero-order chi connectivity index (χ0) is 13.4. The van der Waals surface area contributed by atoms with Gasteiger partial charge in [0.2, 0.25) is 0 Å². The first-order chi connectivity index (χ1) is 9.13. The number of aryl methyl sites for hydroxylation is 1. The Balaban J connectivity index is 1.81. The molecule has 0 radical (unpaired) electrons. The number of anilines is 1. The standard InChI is InChI=1S/C16H22N2S/c1-10-7-8-15-14(9-10)18-16(19-15)17-13-6-4-5-11(2)12(13)3/h7-9,11-13H,4-6H2,1-3H3,(H,17,18). The number of fused-ring (bicyclic) bond motifs is 1. The molecule has 102 valence electrons. The summed E-state index contributed by atoms with van der Waals surface area (Å²) in [7, 11) is 0. The number of hydrogen-bond acceptors (Lipinski definition) is 3. The monoisotopic (exact) mass is 274 g/mol. The number of hydrogen-bond donors (Lipinski definition) is 1. The van der Waals surface area contributed by atoms with Gasteiger partial charge in [-0.3, -0.25) is 0 Å².